The zero-order chi connectivity index (χ0) is 14.3. The average molecular weight is 344 g/mol. The number of aliphatic hydroxyl groups is 1. The Hall–Kier alpha value is -0.0700. The number of nitrogens with one attached hydrogen (secondary N) is 1. The maximum Gasteiger partial charge on any atom is 0.236 e. The van der Waals surface area contributed by atoms with Crippen LogP contribution in [0.3, 0.4) is 0 Å². The summed E-state index contributed by atoms with van der Waals surface area (Å²) in [5.41, 5.74) is 5.81. The van der Waals surface area contributed by atoms with Gasteiger partial charge in [0.15, 0.2) is 0 Å². The molecule has 1 aliphatic heterocycles. The number of carbonyl (C=O) groups excluding carboxylic acids is 1. The molecule has 0 aromatic heterocycles. The minimum atomic E-state index is -0.384. The molecule has 1 amide bonds. The van der Waals surface area contributed by atoms with Gasteiger partial charge in [0.25, 0.3) is 0 Å². The molecular formula is C14H31Cl2N3O2. The lowest BCUT2D eigenvalue weighted by molar-refractivity contribution is -0.122. The number of nitrogens with two attached hydrogens (primary N) is 1. The van der Waals surface area contributed by atoms with Gasteiger partial charge in [-0.05, 0) is 38.1 Å². The fraction of sp³-hybridized carbons (Fsp3) is 0.929. The lowest BCUT2D eigenvalue weighted by Crippen LogP contribution is -2.42. The first kappa shape index (κ1) is 23.2. The van der Waals surface area contributed by atoms with E-state index in [9.17, 15) is 9.90 Å². The second-order valence-corrected chi connectivity index (χ2v) is 5.95. The molecule has 0 bridgehead atoms. The second kappa shape index (κ2) is 12.5. The van der Waals surface area contributed by atoms with Gasteiger partial charge < -0.3 is 21.1 Å². The van der Waals surface area contributed by atoms with Gasteiger partial charge in [-0.3, -0.25) is 4.79 Å². The molecule has 1 aliphatic rings. The second-order valence-electron chi connectivity index (χ2n) is 5.95. The van der Waals surface area contributed by atoms with E-state index < -0.39 is 0 Å². The summed E-state index contributed by atoms with van der Waals surface area (Å²) in [5.74, 6) is 0.406. The van der Waals surface area contributed by atoms with Gasteiger partial charge in [-0.15, -0.1) is 24.8 Å². The molecule has 0 aromatic carbocycles. The molecule has 0 radical (unpaired) electrons. The minimum Gasteiger partial charge on any atom is -0.393 e. The largest absolute Gasteiger partial charge is 0.393 e. The standard InChI is InChI=1S/C14H29N3O2.2ClH/c1-11(2)10-13(15)14(19)16-6-3-7-17-8-4-12(18)5-9-17;;/h11-13,18H,3-10,15H2,1-2H3,(H,16,19);2*1H/t13-;;/m0../s1. The van der Waals surface area contributed by atoms with E-state index >= 15 is 0 Å². The number of rotatable bonds is 7. The normalized spacial score (nSPS) is 17.8. The Morgan fingerprint density at radius 1 is 1.33 bits per heavy atom. The number of amides is 1. The van der Waals surface area contributed by atoms with Gasteiger partial charge in [0, 0.05) is 19.6 Å². The van der Waals surface area contributed by atoms with Crippen LogP contribution in [0.25, 0.3) is 0 Å². The predicted molar refractivity (Wildman–Crippen MR) is 91.2 cm³/mol. The number of halogens is 2. The smallest absolute Gasteiger partial charge is 0.236 e. The van der Waals surface area contributed by atoms with E-state index in [1.165, 1.54) is 0 Å². The van der Waals surface area contributed by atoms with Crippen LogP contribution >= 0.6 is 24.8 Å². The Kier molecular flexibility index (Phi) is 13.8. The first-order valence-electron chi connectivity index (χ1n) is 7.42. The fourth-order valence-corrected chi connectivity index (χ4v) is 2.40. The molecule has 0 aromatic rings. The van der Waals surface area contributed by atoms with Crippen molar-refractivity contribution in [3.8, 4) is 0 Å². The number of likely N-dealkylation sites (tertiary alicyclic amines) is 1. The third-order valence-corrected chi connectivity index (χ3v) is 3.57. The lowest BCUT2D eigenvalue weighted by Gasteiger charge is -2.29. The Bertz CT molecular complexity index is 273. The maximum absolute atomic E-state index is 11.7. The molecule has 0 spiro atoms. The van der Waals surface area contributed by atoms with Crippen molar-refractivity contribution in [1.29, 1.82) is 0 Å². The number of carbonyl (C=O) groups is 1. The van der Waals surface area contributed by atoms with Crippen LogP contribution < -0.4 is 11.1 Å². The van der Waals surface area contributed by atoms with E-state index in [4.69, 9.17) is 5.73 Å². The zero-order valence-electron chi connectivity index (χ0n) is 13.1. The molecule has 128 valence electrons. The van der Waals surface area contributed by atoms with Crippen LogP contribution in [-0.4, -0.2) is 54.2 Å². The van der Waals surface area contributed by atoms with Crippen LogP contribution in [0.1, 0.15) is 39.5 Å². The van der Waals surface area contributed by atoms with Crippen molar-refractivity contribution in [3.63, 3.8) is 0 Å². The molecule has 1 heterocycles. The van der Waals surface area contributed by atoms with Crippen LogP contribution in [0, 0.1) is 5.92 Å². The van der Waals surface area contributed by atoms with Gasteiger partial charge in [-0.1, -0.05) is 13.8 Å². The molecular weight excluding hydrogens is 313 g/mol. The molecule has 1 saturated heterocycles. The highest BCUT2D eigenvalue weighted by Crippen LogP contribution is 2.09. The number of aliphatic hydroxyl groups excluding tert-OH is 1. The topological polar surface area (TPSA) is 78.6 Å². The van der Waals surface area contributed by atoms with Crippen LogP contribution in [0.15, 0.2) is 0 Å². The number of nitrogens with zero attached hydrogens (tertiary/aromatic N) is 1. The Labute approximate surface area is 140 Å². The van der Waals surface area contributed by atoms with Gasteiger partial charge in [0.05, 0.1) is 12.1 Å². The number of piperidine rings is 1. The Balaban J connectivity index is 0. The van der Waals surface area contributed by atoms with E-state index in [2.05, 4.69) is 24.1 Å². The predicted octanol–water partition coefficient (Wildman–Crippen LogP) is 1.17. The van der Waals surface area contributed by atoms with E-state index in [1.807, 2.05) is 0 Å². The lowest BCUT2D eigenvalue weighted by atomic mass is 10.0. The Morgan fingerprint density at radius 2 is 1.90 bits per heavy atom. The molecule has 0 saturated carbocycles. The van der Waals surface area contributed by atoms with Crippen LogP contribution in [0.2, 0.25) is 0 Å². The van der Waals surface area contributed by atoms with Crippen molar-refractivity contribution in [1.82, 2.24) is 10.2 Å². The summed E-state index contributed by atoms with van der Waals surface area (Å²) in [4.78, 5) is 14.0. The molecule has 1 atom stereocenters. The van der Waals surface area contributed by atoms with Crippen LogP contribution in [0.5, 0.6) is 0 Å². The third kappa shape index (κ3) is 10.3. The average Bonchev–Trinajstić information content (AvgIpc) is 2.35. The molecule has 0 unspecified atom stereocenters. The first-order chi connectivity index (χ1) is 8.99. The third-order valence-electron chi connectivity index (χ3n) is 3.57. The van der Waals surface area contributed by atoms with Crippen molar-refractivity contribution < 1.29 is 9.90 Å². The minimum absolute atomic E-state index is 0. The SMILES string of the molecule is CC(C)C[C@H](N)C(=O)NCCCN1CCC(O)CC1.Cl.Cl. The molecule has 7 heteroatoms. The molecule has 5 nitrogen and oxygen atoms in total. The van der Waals surface area contributed by atoms with Gasteiger partial charge in [-0.25, -0.2) is 0 Å². The van der Waals surface area contributed by atoms with Crippen molar-refractivity contribution >= 4 is 30.7 Å². The Morgan fingerprint density at radius 3 is 2.43 bits per heavy atom. The van der Waals surface area contributed by atoms with E-state index in [-0.39, 0.29) is 42.9 Å². The summed E-state index contributed by atoms with van der Waals surface area (Å²) in [7, 11) is 0. The summed E-state index contributed by atoms with van der Waals surface area (Å²) in [6.07, 6.45) is 3.29. The highest BCUT2D eigenvalue weighted by atomic mass is 35.5. The summed E-state index contributed by atoms with van der Waals surface area (Å²) in [6, 6.07) is -0.384. The quantitative estimate of drug-likeness (QED) is 0.606. The van der Waals surface area contributed by atoms with Crippen molar-refractivity contribution in [3.05, 3.63) is 0 Å². The van der Waals surface area contributed by atoms with E-state index in [0.717, 1.165) is 45.3 Å². The van der Waals surface area contributed by atoms with Gasteiger partial charge >= 0.3 is 0 Å². The zero-order valence-corrected chi connectivity index (χ0v) is 14.7. The summed E-state index contributed by atoms with van der Waals surface area (Å²) in [5, 5.41) is 12.3. The van der Waals surface area contributed by atoms with Crippen molar-refractivity contribution in [2.75, 3.05) is 26.2 Å². The van der Waals surface area contributed by atoms with Crippen LogP contribution in [0.4, 0.5) is 0 Å². The summed E-state index contributed by atoms with van der Waals surface area (Å²) >= 11 is 0. The number of hydrogen-bond donors (Lipinski definition) is 3. The molecule has 0 aliphatic carbocycles. The van der Waals surface area contributed by atoms with Gasteiger partial charge in [0.1, 0.15) is 0 Å². The van der Waals surface area contributed by atoms with Crippen molar-refractivity contribution in [2.45, 2.75) is 51.7 Å². The highest BCUT2D eigenvalue weighted by Gasteiger charge is 2.17. The van der Waals surface area contributed by atoms with E-state index in [1.54, 1.807) is 0 Å². The number of hydrogen-bond acceptors (Lipinski definition) is 4. The molecule has 1 fully saturated rings. The highest BCUT2D eigenvalue weighted by molar-refractivity contribution is 5.85. The molecule has 21 heavy (non-hydrogen) atoms. The first-order valence-corrected chi connectivity index (χ1v) is 7.42. The van der Waals surface area contributed by atoms with E-state index in [0.29, 0.717) is 12.5 Å². The van der Waals surface area contributed by atoms with Gasteiger partial charge in [-0.2, -0.15) is 0 Å². The van der Waals surface area contributed by atoms with Crippen molar-refractivity contribution in [2.24, 2.45) is 11.7 Å². The molecule has 1 rings (SSSR count). The summed E-state index contributed by atoms with van der Waals surface area (Å²) < 4.78 is 0. The molecule has 4 N–H and O–H groups in total. The maximum atomic E-state index is 11.7. The van der Waals surface area contributed by atoms with Gasteiger partial charge in [0.2, 0.25) is 5.91 Å². The monoisotopic (exact) mass is 343 g/mol. The summed E-state index contributed by atoms with van der Waals surface area (Å²) in [6.45, 7) is 7.72. The van der Waals surface area contributed by atoms with Crippen LogP contribution in [-0.2, 0) is 4.79 Å². The fourth-order valence-electron chi connectivity index (χ4n) is 2.40.